The second-order valence-corrected chi connectivity index (χ2v) is 5.55. The lowest BCUT2D eigenvalue weighted by Gasteiger charge is -2.14. The third kappa shape index (κ3) is 4.62. The maximum Gasteiger partial charge on any atom is 0.225 e. The summed E-state index contributed by atoms with van der Waals surface area (Å²) < 4.78 is 10.7. The van der Waals surface area contributed by atoms with Gasteiger partial charge in [-0.2, -0.15) is 4.98 Å². The Balaban J connectivity index is 1.97. The van der Waals surface area contributed by atoms with E-state index in [0.29, 0.717) is 35.5 Å². The molecule has 0 amide bonds. The third-order valence-electron chi connectivity index (χ3n) is 3.75. The van der Waals surface area contributed by atoms with Crippen molar-refractivity contribution in [1.29, 1.82) is 0 Å². The van der Waals surface area contributed by atoms with Gasteiger partial charge in [-0.3, -0.25) is 4.98 Å². The molecule has 3 N–H and O–H groups in total. The number of anilines is 3. The van der Waals surface area contributed by atoms with Crippen LogP contribution in [0.3, 0.4) is 0 Å². The molecule has 1 aromatic carbocycles. The third-order valence-corrected chi connectivity index (χ3v) is 3.75. The van der Waals surface area contributed by atoms with Crippen molar-refractivity contribution < 1.29 is 14.6 Å². The molecular formula is C19H21N5O3. The van der Waals surface area contributed by atoms with E-state index in [2.05, 4.69) is 25.6 Å². The van der Waals surface area contributed by atoms with Crippen LogP contribution < -0.4 is 20.1 Å². The molecule has 0 aliphatic heterocycles. The summed E-state index contributed by atoms with van der Waals surface area (Å²) in [6.07, 6.45) is 3.44. The predicted molar refractivity (Wildman–Crippen MR) is 104 cm³/mol. The number of rotatable bonds is 8. The fraction of sp³-hybridized carbons (Fsp3) is 0.211. The molecule has 0 bridgehead atoms. The van der Waals surface area contributed by atoms with Crippen LogP contribution in [0.2, 0.25) is 0 Å². The summed E-state index contributed by atoms with van der Waals surface area (Å²) in [7, 11) is 3.20. The van der Waals surface area contributed by atoms with Gasteiger partial charge >= 0.3 is 0 Å². The van der Waals surface area contributed by atoms with Crippen LogP contribution >= 0.6 is 0 Å². The van der Waals surface area contributed by atoms with Crippen LogP contribution in [0, 0.1) is 0 Å². The second kappa shape index (κ2) is 8.81. The summed E-state index contributed by atoms with van der Waals surface area (Å²) in [5, 5.41) is 15.3. The fourth-order valence-corrected chi connectivity index (χ4v) is 2.46. The van der Waals surface area contributed by atoms with Gasteiger partial charge in [0.2, 0.25) is 5.95 Å². The van der Waals surface area contributed by atoms with Gasteiger partial charge in [-0.05, 0) is 24.3 Å². The molecule has 0 aliphatic rings. The van der Waals surface area contributed by atoms with Crippen LogP contribution in [-0.4, -0.2) is 47.4 Å². The van der Waals surface area contributed by atoms with Crippen molar-refractivity contribution in [2.24, 2.45) is 0 Å². The van der Waals surface area contributed by atoms with E-state index in [1.54, 1.807) is 32.7 Å². The number of aromatic nitrogens is 3. The van der Waals surface area contributed by atoms with E-state index < -0.39 is 0 Å². The number of ether oxygens (including phenoxy) is 2. The van der Waals surface area contributed by atoms with Gasteiger partial charge in [-0.15, -0.1) is 0 Å². The van der Waals surface area contributed by atoms with E-state index in [1.165, 1.54) is 0 Å². The second-order valence-electron chi connectivity index (χ2n) is 5.55. The predicted octanol–water partition coefficient (Wildman–Crippen LogP) is 2.70. The molecule has 0 radical (unpaired) electrons. The van der Waals surface area contributed by atoms with Crippen molar-refractivity contribution in [2.45, 2.75) is 0 Å². The maximum atomic E-state index is 9.06. The smallest absolute Gasteiger partial charge is 0.225 e. The molecule has 27 heavy (non-hydrogen) atoms. The molecule has 8 heteroatoms. The molecule has 2 heterocycles. The van der Waals surface area contributed by atoms with Crippen LogP contribution in [0.1, 0.15) is 0 Å². The van der Waals surface area contributed by atoms with Crippen LogP contribution in [0.4, 0.5) is 17.5 Å². The number of hydrogen-bond donors (Lipinski definition) is 3. The van der Waals surface area contributed by atoms with Crippen molar-refractivity contribution in [3.05, 3.63) is 48.8 Å². The number of benzene rings is 1. The molecule has 0 atom stereocenters. The van der Waals surface area contributed by atoms with Crippen molar-refractivity contribution in [3.63, 3.8) is 0 Å². The standard InChI is InChI=1S/C19H21N5O3/c1-26-14-5-6-15(17(10-14)27-2)22-18-11-16(13-4-3-7-20-12-13)23-19(24-18)21-8-9-25/h3-7,10-12,25H,8-9H2,1-2H3,(H2,21,22,23,24). The first-order chi connectivity index (χ1) is 13.2. The first-order valence-corrected chi connectivity index (χ1v) is 8.36. The molecule has 140 valence electrons. The van der Waals surface area contributed by atoms with Crippen LogP contribution in [0.5, 0.6) is 11.5 Å². The van der Waals surface area contributed by atoms with E-state index in [-0.39, 0.29) is 6.61 Å². The summed E-state index contributed by atoms with van der Waals surface area (Å²) in [5.74, 6) is 2.30. The molecule has 2 aromatic heterocycles. The van der Waals surface area contributed by atoms with Crippen LogP contribution in [-0.2, 0) is 0 Å². The molecule has 0 spiro atoms. The molecule has 0 fully saturated rings. The Bertz CT molecular complexity index is 890. The van der Waals surface area contributed by atoms with Gasteiger partial charge in [0, 0.05) is 36.6 Å². The maximum absolute atomic E-state index is 9.06. The van der Waals surface area contributed by atoms with Crippen LogP contribution in [0.25, 0.3) is 11.3 Å². The normalized spacial score (nSPS) is 10.3. The van der Waals surface area contributed by atoms with Gasteiger partial charge in [0.15, 0.2) is 0 Å². The van der Waals surface area contributed by atoms with Gasteiger partial charge in [-0.25, -0.2) is 4.98 Å². The highest BCUT2D eigenvalue weighted by atomic mass is 16.5. The molecular weight excluding hydrogens is 346 g/mol. The first kappa shape index (κ1) is 18.4. The Morgan fingerprint density at radius 2 is 1.96 bits per heavy atom. The van der Waals surface area contributed by atoms with E-state index >= 15 is 0 Å². The monoisotopic (exact) mass is 367 g/mol. The molecule has 0 saturated heterocycles. The van der Waals surface area contributed by atoms with Gasteiger partial charge in [-0.1, -0.05) is 0 Å². The number of nitrogens with zero attached hydrogens (tertiary/aromatic N) is 3. The number of methoxy groups -OCH3 is 2. The van der Waals surface area contributed by atoms with E-state index in [4.69, 9.17) is 14.6 Å². The highest BCUT2D eigenvalue weighted by molar-refractivity contribution is 5.70. The van der Waals surface area contributed by atoms with Gasteiger partial charge < -0.3 is 25.2 Å². The van der Waals surface area contributed by atoms with Crippen molar-refractivity contribution >= 4 is 17.5 Å². The Labute approximate surface area is 157 Å². The molecule has 0 saturated carbocycles. The first-order valence-electron chi connectivity index (χ1n) is 8.36. The van der Waals surface area contributed by atoms with E-state index in [9.17, 15) is 0 Å². The van der Waals surface area contributed by atoms with Crippen LogP contribution in [0.15, 0.2) is 48.8 Å². The lowest BCUT2D eigenvalue weighted by molar-refractivity contribution is 0.311. The Morgan fingerprint density at radius 1 is 1.07 bits per heavy atom. The van der Waals surface area contributed by atoms with E-state index in [0.717, 1.165) is 11.3 Å². The molecule has 0 unspecified atom stereocenters. The summed E-state index contributed by atoms with van der Waals surface area (Å²) in [6.45, 7) is 0.331. The SMILES string of the molecule is COc1ccc(Nc2cc(-c3cccnc3)nc(NCCO)n2)c(OC)c1. The Kier molecular flexibility index (Phi) is 6.01. The van der Waals surface area contributed by atoms with Crippen molar-refractivity contribution in [2.75, 3.05) is 38.0 Å². The average Bonchev–Trinajstić information content (AvgIpc) is 2.73. The Morgan fingerprint density at radius 3 is 2.67 bits per heavy atom. The lowest BCUT2D eigenvalue weighted by atomic mass is 10.2. The quantitative estimate of drug-likeness (QED) is 0.559. The van der Waals surface area contributed by atoms with Gasteiger partial charge in [0.1, 0.15) is 17.3 Å². The molecule has 8 nitrogen and oxygen atoms in total. The number of aliphatic hydroxyl groups is 1. The van der Waals surface area contributed by atoms with Crippen molar-refractivity contribution in [1.82, 2.24) is 15.0 Å². The summed E-state index contributed by atoms with van der Waals surface area (Å²) in [6, 6.07) is 11.1. The number of hydrogen-bond acceptors (Lipinski definition) is 8. The molecule has 0 aliphatic carbocycles. The average molecular weight is 367 g/mol. The fourth-order valence-electron chi connectivity index (χ4n) is 2.46. The minimum Gasteiger partial charge on any atom is -0.497 e. The molecule has 3 rings (SSSR count). The van der Waals surface area contributed by atoms with E-state index in [1.807, 2.05) is 30.3 Å². The van der Waals surface area contributed by atoms with Crippen molar-refractivity contribution in [3.8, 4) is 22.8 Å². The Hall–Kier alpha value is -3.39. The van der Waals surface area contributed by atoms with Gasteiger partial charge in [0.25, 0.3) is 0 Å². The topological polar surface area (TPSA) is 101 Å². The molecule has 3 aromatic rings. The summed E-state index contributed by atoms with van der Waals surface area (Å²) in [4.78, 5) is 13.1. The summed E-state index contributed by atoms with van der Waals surface area (Å²) in [5.41, 5.74) is 2.30. The highest BCUT2D eigenvalue weighted by Crippen LogP contribution is 2.32. The minimum atomic E-state index is -0.0183. The zero-order valence-corrected chi connectivity index (χ0v) is 15.1. The number of pyridine rings is 1. The lowest BCUT2D eigenvalue weighted by Crippen LogP contribution is -2.10. The van der Waals surface area contributed by atoms with Gasteiger partial charge in [0.05, 0.1) is 32.2 Å². The largest absolute Gasteiger partial charge is 0.497 e. The number of aliphatic hydroxyl groups excluding tert-OH is 1. The minimum absolute atomic E-state index is 0.0183. The number of nitrogens with one attached hydrogen (secondary N) is 2. The zero-order valence-electron chi connectivity index (χ0n) is 15.1. The zero-order chi connectivity index (χ0) is 19.1. The summed E-state index contributed by atoms with van der Waals surface area (Å²) >= 11 is 0. The highest BCUT2D eigenvalue weighted by Gasteiger charge is 2.10.